The van der Waals surface area contributed by atoms with Crippen LogP contribution in [-0.2, 0) is 9.84 Å². The van der Waals surface area contributed by atoms with Crippen LogP contribution in [0.15, 0.2) is 17.2 Å². The lowest BCUT2D eigenvalue weighted by molar-refractivity contribution is -0.388. The number of aromatic nitrogens is 1. The number of aryl methyl sites for hydroxylation is 1. The number of rotatable bonds is 5. The molecule has 100 valence electrons. The predicted molar refractivity (Wildman–Crippen MR) is 67.6 cm³/mol. The minimum atomic E-state index is -3.84. The van der Waals surface area contributed by atoms with Crippen molar-refractivity contribution >= 4 is 27.1 Å². The molecule has 0 bridgehead atoms. The van der Waals surface area contributed by atoms with E-state index in [0.717, 1.165) is 6.07 Å². The van der Waals surface area contributed by atoms with Crippen LogP contribution in [-0.4, -0.2) is 29.5 Å². The molecule has 1 aromatic heterocycles. The normalized spacial score (nSPS) is 13.3. The highest BCUT2D eigenvalue weighted by Gasteiger charge is 2.32. The van der Waals surface area contributed by atoms with Gasteiger partial charge in [-0.05, 0) is 26.3 Å². The van der Waals surface area contributed by atoms with Gasteiger partial charge < -0.3 is 0 Å². The topological polar surface area (TPSA) is 90.2 Å². The summed E-state index contributed by atoms with van der Waals surface area (Å²) < 4.78 is 24.3. The summed E-state index contributed by atoms with van der Waals surface area (Å²) >= 11 is 5.50. The summed E-state index contributed by atoms with van der Waals surface area (Å²) in [5, 5.41) is 9.55. The molecule has 0 aliphatic heterocycles. The zero-order valence-corrected chi connectivity index (χ0v) is 11.5. The molecule has 0 aliphatic carbocycles. The highest BCUT2D eigenvalue weighted by Crippen LogP contribution is 2.26. The van der Waals surface area contributed by atoms with Crippen molar-refractivity contribution in [2.24, 2.45) is 0 Å². The Bertz CT molecular complexity index is 559. The number of nitro groups is 1. The third-order valence-electron chi connectivity index (χ3n) is 2.49. The second-order valence-corrected chi connectivity index (χ2v) is 6.53. The second-order valence-electron chi connectivity index (χ2n) is 3.87. The van der Waals surface area contributed by atoms with Gasteiger partial charge in [-0.3, -0.25) is 10.1 Å². The standard InChI is InChI=1S/C10H13ClN2O4S/c1-7-3-4-9(13(14)15)10(12-7)18(16,17)8(2)5-6-11/h3-4,8H,5-6H2,1-2H3. The monoisotopic (exact) mass is 292 g/mol. The molecule has 18 heavy (non-hydrogen) atoms. The van der Waals surface area contributed by atoms with Crippen molar-refractivity contribution in [2.45, 2.75) is 30.5 Å². The number of alkyl halides is 1. The molecule has 0 aromatic carbocycles. The summed E-state index contributed by atoms with van der Waals surface area (Å²) in [6, 6.07) is 2.56. The van der Waals surface area contributed by atoms with Gasteiger partial charge in [0.2, 0.25) is 14.9 Å². The van der Waals surface area contributed by atoms with Gasteiger partial charge in [-0.15, -0.1) is 11.6 Å². The van der Waals surface area contributed by atoms with E-state index in [1.165, 1.54) is 13.0 Å². The summed E-state index contributed by atoms with van der Waals surface area (Å²) in [4.78, 5) is 13.9. The summed E-state index contributed by atoms with van der Waals surface area (Å²) in [7, 11) is -3.84. The molecule has 6 nitrogen and oxygen atoms in total. The molecule has 0 aliphatic rings. The molecule has 1 aromatic rings. The molecule has 0 saturated carbocycles. The van der Waals surface area contributed by atoms with Crippen LogP contribution in [0.5, 0.6) is 0 Å². The van der Waals surface area contributed by atoms with Gasteiger partial charge in [-0.25, -0.2) is 13.4 Å². The third-order valence-corrected chi connectivity index (χ3v) is 4.84. The minimum Gasteiger partial charge on any atom is -0.258 e. The maximum atomic E-state index is 12.2. The fourth-order valence-corrected chi connectivity index (χ4v) is 3.34. The number of sulfone groups is 1. The lowest BCUT2D eigenvalue weighted by Crippen LogP contribution is -2.21. The van der Waals surface area contributed by atoms with Gasteiger partial charge in [-0.1, -0.05) is 0 Å². The first-order chi connectivity index (χ1) is 8.30. The van der Waals surface area contributed by atoms with Gasteiger partial charge in [0.05, 0.1) is 10.2 Å². The lowest BCUT2D eigenvalue weighted by atomic mass is 10.3. The summed E-state index contributed by atoms with van der Waals surface area (Å²) in [5.74, 6) is 0.167. The molecule has 0 spiro atoms. The lowest BCUT2D eigenvalue weighted by Gasteiger charge is -2.11. The highest BCUT2D eigenvalue weighted by molar-refractivity contribution is 7.92. The van der Waals surface area contributed by atoms with E-state index in [4.69, 9.17) is 11.6 Å². The van der Waals surface area contributed by atoms with E-state index in [2.05, 4.69) is 4.98 Å². The zero-order chi connectivity index (χ0) is 13.9. The Kier molecular flexibility index (Phi) is 4.64. The molecule has 1 atom stereocenters. The van der Waals surface area contributed by atoms with Crippen LogP contribution in [0, 0.1) is 17.0 Å². The molecule has 0 fully saturated rings. The molecule has 0 amide bonds. The fourth-order valence-electron chi connectivity index (χ4n) is 1.37. The van der Waals surface area contributed by atoms with E-state index in [9.17, 15) is 18.5 Å². The molecule has 0 N–H and O–H groups in total. The van der Waals surface area contributed by atoms with Crippen LogP contribution in [0.1, 0.15) is 19.0 Å². The van der Waals surface area contributed by atoms with Gasteiger partial charge in [0.15, 0.2) is 0 Å². The number of nitrogens with zero attached hydrogens (tertiary/aromatic N) is 2. The van der Waals surface area contributed by atoms with E-state index >= 15 is 0 Å². The fraction of sp³-hybridized carbons (Fsp3) is 0.500. The Morgan fingerprint density at radius 3 is 2.61 bits per heavy atom. The molecule has 0 radical (unpaired) electrons. The number of pyridine rings is 1. The highest BCUT2D eigenvalue weighted by atomic mass is 35.5. The van der Waals surface area contributed by atoms with E-state index < -0.39 is 30.7 Å². The quantitative estimate of drug-likeness (QED) is 0.471. The first-order valence-corrected chi connectivity index (χ1v) is 7.30. The average molecular weight is 293 g/mol. The van der Waals surface area contributed by atoms with E-state index in [-0.39, 0.29) is 12.3 Å². The van der Waals surface area contributed by atoms with Crippen LogP contribution in [0.4, 0.5) is 5.69 Å². The van der Waals surface area contributed by atoms with Crippen molar-refractivity contribution in [1.82, 2.24) is 4.98 Å². The predicted octanol–water partition coefficient (Wildman–Crippen LogP) is 2.09. The number of halogens is 1. The zero-order valence-electron chi connectivity index (χ0n) is 9.96. The second kappa shape index (κ2) is 5.62. The summed E-state index contributed by atoms with van der Waals surface area (Å²) in [6.45, 7) is 3.04. The molecule has 0 saturated heterocycles. The van der Waals surface area contributed by atoms with Gasteiger partial charge >= 0.3 is 5.69 Å². The maximum absolute atomic E-state index is 12.2. The Morgan fingerprint density at radius 2 is 2.11 bits per heavy atom. The Labute approximate surface area is 110 Å². The maximum Gasteiger partial charge on any atom is 0.306 e. The molecular formula is C10H13ClN2O4S. The largest absolute Gasteiger partial charge is 0.306 e. The van der Waals surface area contributed by atoms with Crippen molar-refractivity contribution in [2.75, 3.05) is 5.88 Å². The smallest absolute Gasteiger partial charge is 0.258 e. The Hall–Kier alpha value is -1.21. The number of hydrogen-bond acceptors (Lipinski definition) is 5. The van der Waals surface area contributed by atoms with Crippen LogP contribution < -0.4 is 0 Å². The molecule has 8 heteroatoms. The van der Waals surface area contributed by atoms with Crippen LogP contribution in [0.2, 0.25) is 0 Å². The van der Waals surface area contributed by atoms with E-state index in [0.29, 0.717) is 5.69 Å². The average Bonchev–Trinajstić information content (AvgIpc) is 2.28. The van der Waals surface area contributed by atoms with Gasteiger partial charge in [-0.2, -0.15) is 0 Å². The summed E-state index contributed by atoms with van der Waals surface area (Å²) in [6.07, 6.45) is 0.219. The van der Waals surface area contributed by atoms with Crippen molar-refractivity contribution in [1.29, 1.82) is 0 Å². The number of hydrogen-bond donors (Lipinski definition) is 0. The van der Waals surface area contributed by atoms with Gasteiger partial charge in [0, 0.05) is 17.6 Å². The molecule has 1 heterocycles. The SMILES string of the molecule is Cc1ccc([N+](=O)[O-])c(S(=O)(=O)C(C)CCCl)n1. The van der Waals surface area contributed by atoms with Crippen LogP contribution >= 0.6 is 11.6 Å². The molecule has 1 unspecified atom stereocenters. The van der Waals surface area contributed by atoms with Crippen molar-refractivity contribution in [3.63, 3.8) is 0 Å². The summed E-state index contributed by atoms with van der Waals surface area (Å²) in [5.41, 5.74) is -0.0840. The third kappa shape index (κ3) is 2.97. The van der Waals surface area contributed by atoms with Crippen LogP contribution in [0.3, 0.4) is 0 Å². The Morgan fingerprint density at radius 1 is 1.50 bits per heavy atom. The molecule has 1 rings (SSSR count). The van der Waals surface area contributed by atoms with Crippen molar-refractivity contribution in [3.05, 3.63) is 27.9 Å². The van der Waals surface area contributed by atoms with Gasteiger partial charge in [0.1, 0.15) is 0 Å². The molecular weight excluding hydrogens is 280 g/mol. The van der Waals surface area contributed by atoms with Crippen LogP contribution in [0.25, 0.3) is 0 Å². The van der Waals surface area contributed by atoms with Crippen molar-refractivity contribution in [3.8, 4) is 0 Å². The Balaban J connectivity index is 3.39. The minimum absolute atomic E-state index is 0.167. The van der Waals surface area contributed by atoms with Crippen molar-refractivity contribution < 1.29 is 13.3 Å². The van der Waals surface area contributed by atoms with E-state index in [1.54, 1.807) is 6.92 Å². The van der Waals surface area contributed by atoms with E-state index in [1.807, 2.05) is 0 Å². The first kappa shape index (κ1) is 14.8. The first-order valence-electron chi connectivity index (χ1n) is 5.22. The van der Waals surface area contributed by atoms with Gasteiger partial charge in [0.25, 0.3) is 0 Å².